The summed E-state index contributed by atoms with van der Waals surface area (Å²) >= 11 is 0. The van der Waals surface area contributed by atoms with Crippen molar-refractivity contribution in [2.45, 2.75) is 6.10 Å². The van der Waals surface area contributed by atoms with Crippen LogP contribution in [0.4, 0.5) is 0 Å². The van der Waals surface area contributed by atoms with E-state index < -0.39 is 12.1 Å². The summed E-state index contributed by atoms with van der Waals surface area (Å²) in [5.74, 6) is 1.72. The molecule has 4 nitrogen and oxygen atoms in total. The van der Waals surface area contributed by atoms with E-state index in [0.717, 1.165) is 0 Å². The van der Waals surface area contributed by atoms with Gasteiger partial charge in [-0.2, -0.15) is 0 Å². The van der Waals surface area contributed by atoms with Crippen molar-refractivity contribution in [3.8, 4) is 12.3 Å². The third kappa shape index (κ3) is 2.22. The van der Waals surface area contributed by atoms with Crippen LogP contribution in [-0.4, -0.2) is 32.1 Å². The van der Waals surface area contributed by atoms with Crippen molar-refractivity contribution in [1.82, 2.24) is 0 Å². The molecular formula is C7H8O4. The monoisotopic (exact) mass is 156 g/mol. The third-order valence-corrected chi connectivity index (χ3v) is 1.18. The number of carbonyl (C=O) groups is 1. The maximum Gasteiger partial charge on any atom is 0.338 e. The highest BCUT2D eigenvalue weighted by atomic mass is 16.7. The number of carbonyl (C=O) groups excluding carboxylic acids is 1. The van der Waals surface area contributed by atoms with Crippen LogP contribution in [0, 0.1) is 12.3 Å². The molecule has 0 radical (unpaired) electrons. The average Bonchev–Trinajstić information content (AvgIpc) is 2.52. The van der Waals surface area contributed by atoms with Gasteiger partial charge in [-0.15, -0.1) is 6.42 Å². The Hall–Kier alpha value is -1.05. The molecule has 1 heterocycles. The SMILES string of the molecule is C#CCOC(=O)C1COCO1. The van der Waals surface area contributed by atoms with E-state index in [0.29, 0.717) is 0 Å². The first kappa shape index (κ1) is 8.05. The van der Waals surface area contributed by atoms with Gasteiger partial charge < -0.3 is 14.2 Å². The van der Waals surface area contributed by atoms with Crippen molar-refractivity contribution in [2.75, 3.05) is 20.0 Å². The molecule has 0 spiro atoms. The number of ether oxygens (including phenoxy) is 3. The van der Waals surface area contributed by atoms with E-state index in [-0.39, 0.29) is 20.0 Å². The predicted octanol–water partition coefficient (Wildman–Crippen LogP) is -0.464. The van der Waals surface area contributed by atoms with E-state index >= 15 is 0 Å². The Morgan fingerprint density at radius 1 is 1.82 bits per heavy atom. The van der Waals surface area contributed by atoms with Gasteiger partial charge in [0.15, 0.2) is 12.7 Å². The van der Waals surface area contributed by atoms with Crippen molar-refractivity contribution in [1.29, 1.82) is 0 Å². The second-order valence-electron chi connectivity index (χ2n) is 1.96. The lowest BCUT2D eigenvalue weighted by Gasteiger charge is -2.04. The fourth-order valence-corrected chi connectivity index (χ4v) is 0.675. The first-order valence-electron chi connectivity index (χ1n) is 3.14. The Morgan fingerprint density at radius 2 is 2.64 bits per heavy atom. The van der Waals surface area contributed by atoms with Gasteiger partial charge in [-0.05, 0) is 0 Å². The molecule has 1 saturated heterocycles. The van der Waals surface area contributed by atoms with E-state index in [2.05, 4.69) is 10.7 Å². The maximum absolute atomic E-state index is 10.9. The van der Waals surface area contributed by atoms with Gasteiger partial charge in [0.05, 0.1) is 6.61 Å². The van der Waals surface area contributed by atoms with Gasteiger partial charge in [-0.25, -0.2) is 4.79 Å². The fourth-order valence-electron chi connectivity index (χ4n) is 0.675. The topological polar surface area (TPSA) is 44.8 Å². The lowest BCUT2D eigenvalue weighted by atomic mass is 10.4. The van der Waals surface area contributed by atoms with Crippen LogP contribution in [0.25, 0.3) is 0 Å². The van der Waals surface area contributed by atoms with Crippen LogP contribution in [0.3, 0.4) is 0 Å². The molecule has 0 aliphatic carbocycles. The smallest absolute Gasteiger partial charge is 0.338 e. The zero-order valence-electron chi connectivity index (χ0n) is 5.91. The van der Waals surface area contributed by atoms with Gasteiger partial charge in [-0.3, -0.25) is 0 Å². The average molecular weight is 156 g/mol. The van der Waals surface area contributed by atoms with Gasteiger partial charge >= 0.3 is 5.97 Å². The number of hydrogen-bond acceptors (Lipinski definition) is 4. The quantitative estimate of drug-likeness (QED) is 0.400. The summed E-state index contributed by atoms with van der Waals surface area (Å²) < 4.78 is 14.2. The molecule has 0 aromatic rings. The minimum atomic E-state index is -0.594. The maximum atomic E-state index is 10.9. The summed E-state index contributed by atoms with van der Waals surface area (Å²) in [7, 11) is 0. The first-order chi connectivity index (χ1) is 5.34. The molecular weight excluding hydrogens is 148 g/mol. The van der Waals surface area contributed by atoms with Crippen molar-refractivity contribution >= 4 is 5.97 Å². The van der Waals surface area contributed by atoms with Crippen molar-refractivity contribution < 1.29 is 19.0 Å². The molecule has 0 amide bonds. The van der Waals surface area contributed by atoms with Gasteiger partial charge in [0.1, 0.15) is 6.79 Å². The Labute approximate surface area is 64.4 Å². The summed E-state index contributed by atoms with van der Waals surface area (Å²) in [4.78, 5) is 10.9. The first-order valence-corrected chi connectivity index (χ1v) is 3.14. The van der Waals surface area contributed by atoms with Gasteiger partial charge in [-0.1, -0.05) is 5.92 Å². The Morgan fingerprint density at radius 3 is 3.18 bits per heavy atom. The molecule has 60 valence electrons. The molecule has 0 saturated carbocycles. The second-order valence-corrected chi connectivity index (χ2v) is 1.96. The van der Waals surface area contributed by atoms with E-state index in [1.165, 1.54) is 0 Å². The molecule has 0 aromatic heterocycles. The van der Waals surface area contributed by atoms with Crippen LogP contribution >= 0.6 is 0 Å². The number of esters is 1. The molecule has 1 aliphatic rings. The second kappa shape index (κ2) is 3.96. The minimum absolute atomic E-state index is 0.0152. The van der Waals surface area contributed by atoms with Crippen LogP contribution in [0.2, 0.25) is 0 Å². The molecule has 1 unspecified atom stereocenters. The van der Waals surface area contributed by atoms with Gasteiger partial charge in [0.2, 0.25) is 0 Å². The molecule has 1 fully saturated rings. The molecule has 11 heavy (non-hydrogen) atoms. The highest BCUT2D eigenvalue weighted by molar-refractivity contribution is 5.75. The Balaban J connectivity index is 2.24. The molecule has 0 bridgehead atoms. The van der Waals surface area contributed by atoms with Gasteiger partial charge in [0, 0.05) is 0 Å². The normalized spacial score (nSPS) is 22.6. The predicted molar refractivity (Wildman–Crippen MR) is 35.5 cm³/mol. The standard InChI is InChI=1S/C7H8O4/c1-2-3-10-7(8)6-4-9-5-11-6/h1,6H,3-5H2. The van der Waals surface area contributed by atoms with Crippen LogP contribution in [0.5, 0.6) is 0 Å². The highest BCUT2D eigenvalue weighted by Crippen LogP contribution is 2.04. The van der Waals surface area contributed by atoms with Gasteiger partial charge in [0.25, 0.3) is 0 Å². The zero-order valence-corrected chi connectivity index (χ0v) is 5.91. The van der Waals surface area contributed by atoms with Crippen LogP contribution in [-0.2, 0) is 19.0 Å². The third-order valence-electron chi connectivity index (χ3n) is 1.18. The molecule has 1 aliphatic heterocycles. The van der Waals surface area contributed by atoms with Crippen LogP contribution in [0.15, 0.2) is 0 Å². The van der Waals surface area contributed by atoms with Crippen LogP contribution in [0.1, 0.15) is 0 Å². The van der Waals surface area contributed by atoms with E-state index in [1.807, 2.05) is 0 Å². The van der Waals surface area contributed by atoms with E-state index in [9.17, 15) is 4.79 Å². The molecule has 0 aromatic carbocycles. The lowest BCUT2D eigenvalue weighted by Crippen LogP contribution is -2.25. The molecule has 1 atom stereocenters. The zero-order chi connectivity index (χ0) is 8.10. The van der Waals surface area contributed by atoms with E-state index in [1.54, 1.807) is 0 Å². The highest BCUT2D eigenvalue weighted by Gasteiger charge is 2.25. The number of terminal acetylenes is 1. The number of hydrogen-bond donors (Lipinski definition) is 0. The lowest BCUT2D eigenvalue weighted by molar-refractivity contribution is -0.152. The summed E-state index contributed by atoms with van der Waals surface area (Å²) in [6.07, 6.45) is 4.28. The van der Waals surface area contributed by atoms with Crippen molar-refractivity contribution in [2.24, 2.45) is 0 Å². The summed E-state index contributed by atoms with van der Waals surface area (Å²) in [6.45, 7) is 0.387. The largest absolute Gasteiger partial charge is 0.451 e. The minimum Gasteiger partial charge on any atom is -0.451 e. The molecule has 0 N–H and O–H groups in total. The summed E-state index contributed by atoms with van der Waals surface area (Å²) in [5.41, 5.74) is 0. The Bertz CT molecular complexity index is 175. The summed E-state index contributed by atoms with van der Waals surface area (Å²) in [6, 6.07) is 0. The van der Waals surface area contributed by atoms with Crippen molar-refractivity contribution in [3.05, 3.63) is 0 Å². The summed E-state index contributed by atoms with van der Waals surface area (Å²) in [5, 5.41) is 0. The van der Waals surface area contributed by atoms with E-state index in [4.69, 9.17) is 15.9 Å². The molecule has 1 rings (SSSR count). The fraction of sp³-hybridized carbons (Fsp3) is 0.571. The Kier molecular flexibility index (Phi) is 2.90. The van der Waals surface area contributed by atoms with Crippen LogP contribution < -0.4 is 0 Å². The number of rotatable bonds is 2. The molecule has 4 heteroatoms. The van der Waals surface area contributed by atoms with Crippen molar-refractivity contribution in [3.63, 3.8) is 0 Å².